The van der Waals surface area contributed by atoms with Crippen LogP contribution in [0.25, 0.3) is 5.69 Å². The van der Waals surface area contributed by atoms with Gasteiger partial charge in [-0.15, -0.1) is 5.10 Å². The van der Waals surface area contributed by atoms with Crippen molar-refractivity contribution >= 4 is 15.9 Å². The molecule has 1 atom stereocenters. The Morgan fingerprint density at radius 2 is 2.21 bits per heavy atom. The number of halogens is 2. The molecule has 0 saturated heterocycles. The fourth-order valence-electron chi connectivity index (χ4n) is 2.02. The molecule has 1 unspecified atom stereocenters. The zero-order valence-electron chi connectivity index (χ0n) is 11.1. The Balaban J connectivity index is 2.44. The van der Waals surface area contributed by atoms with E-state index in [2.05, 4.69) is 31.6 Å². The molecule has 0 radical (unpaired) electrons. The van der Waals surface area contributed by atoms with Gasteiger partial charge in [-0.2, -0.15) is 0 Å². The summed E-state index contributed by atoms with van der Waals surface area (Å²) in [6.45, 7) is 6.86. The molecule has 6 heteroatoms. The van der Waals surface area contributed by atoms with Crippen LogP contribution in [-0.2, 0) is 0 Å². The van der Waals surface area contributed by atoms with E-state index >= 15 is 0 Å². The molecule has 0 saturated carbocycles. The third-order valence-corrected chi connectivity index (χ3v) is 3.66. The van der Waals surface area contributed by atoms with E-state index in [0.29, 0.717) is 5.69 Å². The Bertz CT molecular complexity index is 582. The van der Waals surface area contributed by atoms with E-state index in [1.807, 2.05) is 20.8 Å². The molecular weight excluding hydrogens is 311 g/mol. The highest BCUT2D eigenvalue weighted by molar-refractivity contribution is 9.10. The van der Waals surface area contributed by atoms with Crippen molar-refractivity contribution in [3.8, 4) is 5.69 Å². The summed E-state index contributed by atoms with van der Waals surface area (Å²) in [4.78, 5) is 0. The Morgan fingerprint density at radius 1 is 1.47 bits per heavy atom. The lowest BCUT2D eigenvalue weighted by Crippen LogP contribution is -2.19. The van der Waals surface area contributed by atoms with E-state index < -0.39 is 0 Å². The van der Waals surface area contributed by atoms with Crippen molar-refractivity contribution in [3.05, 3.63) is 39.9 Å². The van der Waals surface area contributed by atoms with Gasteiger partial charge in [-0.25, -0.2) is 9.07 Å². The summed E-state index contributed by atoms with van der Waals surface area (Å²) in [5.41, 5.74) is 2.43. The lowest BCUT2D eigenvalue weighted by Gasteiger charge is -2.11. The predicted molar refractivity (Wildman–Crippen MR) is 75.8 cm³/mol. The second kappa shape index (κ2) is 5.79. The highest BCUT2D eigenvalue weighted by atomic mass is 79.9. The molecule has 19 heavy (non-hydrogen) atoms. The van der Waals surface area contributed by atoms with Crippen molar-refractivity contribution in [2.45, 2.75) is 26.8 Å². The van der Waals surface area contributed by atoms with Crippen LogP contribution in [0.15, 0.2) is 22.7 Å². The number of nitrogens with one attached hydrogen (secondary N) is 1. The number of benzene rings is 1. The maximum absolute atomic E-state index is 13.4. The number of hydrogen-bond donors (Lipinski definition) is 1. The predicted octanol–water partition coefficient (Wildman–Crippen LogP) is 3.15. The first-order valence-electron chi connectivity index (χ1n) is 6.15. The van der Waals surface area contributed by atoms with E-state index in [4.69, 9.17) is 0 Å². The Hall–Kier alpha value is -1.27. The molecule has 0 bridgehead atoms. The van der Waals surface area contributed by atoms with E-state index in [-0.39, 0.29) is 11.9 Å². The van der Waals surface area contributed by atoms with Crippen molar-refractivity contribution in [1.29, 1.82) is 0 Å². The average molecular weight is 327 g/mol. The fraction of sp³-hybridized carbons (Fsp3) is 0.385. The molecule has 0 fully saturated rings. The summed E-state index contributed by atoms with van der Waals surface area (Å²) in [5, 5.41) is 11.6. The molecule has 0 aliphatic rings. The zero-order chi connectivity index (χ0) is 14.0. The second-order valence-electron chi connectivity index (χ2n) is 4.35. The van der Waals surface area contributed by atoms with Gasteiger partial charge in [0, 0.05) is 10.5 Å². The van der Waals surface area contributed by atoms with Crippen LogP contribution in [0.2, 0.25) is 0 Å². The van der Waals surface area contributed by atoms with Gasteiger partial charge >= 0.3 is 0 Å². The summed E-state index contributed by atoms with van der Waals surface area (Å²) < 4.78 is 15.8. The molecule has 2 aromatic rings. The molecule has 0 aliphatic heterocycles. The van der Waals surface area contributed by atoms with Crippen molar-refractivity contribution in [2.24, 2.45) is 0 Å². The summed E-state index contributed by atoms with van der Waals surface area (Å²) in [6, 6.07) is 4.63. The third-order valence-electron chi connectivity index (χ3n) is 2.99. The topological polar surface area (TPSA) is 42.7 Å². The highest BCUT2D eigenvalue weighted by Gasteiger charge is 2.17. The molecule has 102 valence electrons. The van der Waals surface area contributed by atoms with Gasteiger partial charge in [0.25, 0.3) is 0 Å². The molecule has 0 aliphatic carbocycles. The van der Waals surface area contributed by atoms with Gasteiger partial charge < -0.3 is 5.32 Å². The van der Waals surface area contributed by atoms with E-state index in [0.717, 1.165) is 22.4 Å². The minimum Gasteiger partial charge on any atom is -0.309 e. The minimum atomic E-state index is -0.297. The molecule has 1 N–H and O–H groups in total. The second-order valence-corrected chi connectivity index (χ2v) is 5.20. The van der Waals surface area contributed by atoms with Crippen LogP contribution in [0.3, 0.4) is 0 Å². The van der Waals surface area contributed by atoms with Crippen LogP contribution in [0.5, 0.6) is 0 Å². The Morgan fingerprint density at radius 3 is 2.89 bits per heavy atom. The van der Waals surface area contributed by atoms with E-state index in [1.165, 1.54) is 12.1 Å². The van der Waals surface area contributed by atoms with Gasteiger partial charge in [-0.1, -0.05) is 12.1 Å². The molecule has 1 heterocycles. The minimum absolute atomic E-state index is 0.117. The first-order chi connectivity index (χ1) is 9.04. The van der Waals surface area contributed by atoms with Crippen LogP contribution >= 0.6 is 15.9 Å². The fourth-order valence-corrected chi connectivity index (χ4v) is 2.44. The van der Waals surface area contributed by atoms with Crippen molar-refractivity contribution in [2.75, 3.05) is 6.54 Å². The molecule has 4 nitrogen and oxygen atoms in total. The van der Waals surface area contributed by atoms with Gasteiger partial charge in [0.1, 0.15) is 11.5 Å². The van der Waals surface area contributed by atoms with Gasteiger partial charge in [0.2, 0.25) is 0 Å². The number of nitrogens with zero attached hydrogens (tertiary/aromatic N) is 3. The van der Waals surface area contributed by atoms with Crippen LogP contribution in [0.1, 0.15) is 31.3 Å². The normalized spacial score (nSPS) is 12.7. The SMILES string of the molecule is CCNC(C)c1nnn(-c2cc(F)ccc2Br)c1C. The molecule has 0 spiro atoms. The quantitative estimate of drug-likeness (QED) is 0.938. The molecule has 1 aromatic carbocycles. The summed E-state index contributed by atoms with van der Waals surface area (Å²) in [7, 11) is 0. The molecule has 1 aromatic heterocycles. The number of aromatic nitrogens is 3. The van der Waals surface area contributed by atoms with Crippen LogP contribution < -0.4 is 5.32 Å². The third kappa shape index (κ3) is 2.84. The molecular formula is C13H16BrFN4. The van der Waals surface area contributed by atoms with Gasteiger partial charge in [-0.05, 0) is 48.5 Å². The maximum Gasteiger partial charge on any atom is 0.125 e. The lowest BCUT2D eigenvalue weighted by atomic mass is 10.2. The summed E-state index contributed by atoms with van der Waals surface area (Å²) in [6.07, 6.45) is 0. The smallest absolute Gasteiger partial charge is 0.125 e. The largest absolute Gasteiger partial charge is 0.309 e. The lowest BCUT2D eigenvalue weighted by molar-refractivity contribution is 0.579. The van der Waals surface area contributed by atoms with E-state index in [1.54, 1.807) is 10.7 Å². The Labute approximate surface area is 120 Å². The van der Waals surface area contributed by atoms with Crippen LogP contribution in [0, 0.1) is 12.7 Å². The number of rotatable bonds is 4. The van der Waals surface area contributed by atoms with Crippen molar-refractivity contribution < 1.29 is 4.39 Å². The average Bonchev–Trinajstić information content (AvgIpc) is 2.74. The van der Waals surface area contributed by atoms with E-state index in [9.17, 15) is 4.39 Å². The van der Waals surface area contributed by atoms with Gasteiger partial charge in [-0.3, -0.25) is 0 Å². The van der Waals surface area contributed by atoms with Gasteiger partial charge in [0.15, 0.2) is 0 Å². The first-order valence-corrected chi connectivity index (χ1v) is 6.95. The monoisotopic (exact) mass is 326 g/mol. The van der Waals surface area contributed by atoms with Crippen LogP contribution in [-0.4, -0.2) is 21.5 Å². The van der Waals surface area contributed by atoms with Gasteiger partial charge in [0.05, 0.1) is 17.4 Å². The standard InChI is InChI=1S/C13H16BrFN4/c1-4-16-8(2)13-9(3)19(18-17-13)12-7-10(15)5-6-11(12)14/h5-8,16H,4H2,1-3H3. The van der Waals surface area contributed by atoms with Crippen molar-refractivity contribution in [3.63, 3.8) is 0 Å². The molecule has 0 amide bonds. The van der Waals surface area contributed by atoms with Crippen LogP contribution in [0.4, 0.5) is 4.39 Å². The first kappa shape index (κ1) is 14.1. The molecule has 2 rings (SSSR count). The highest BCUT2D eigenvalue weighted by Crippen LogP contribution is 2.24. The zero-order valence-corrected chi connectivity index (χ0v) is 12.7. The number of hydrogen-bond acceptors (Lipinski definition) is 3. The maximum atomic E-state index is 13.4. The summed E-state index contributed by atoms with van der Waals surface area (Å²) in [5.74, 6) is -0.297. The van der Waals surface area contributed by atoms with Crippen molar-refractivity contribution in [1.82, 2.24) is 20.3 Å². The Kier molecular flexibility index (Phi) is 4.31. The summed E-state index contributed by atoms with van der Waals surface area (Å²) >= 11 is 3.41.